The third-order valence-electron chi connectivity index (χ3n) is 0.652. The van der Waals surface area contributed by atoms with Crippen LogP contribution in [-0.2, 0) is 9.59 Å². The minimum atomic E-state index is -5.08. The van der Waals surface area contributed by atoms with E-state index in [-0.39, 0.29) is 0 Å². The highest BCUT2D eigenvalue weighted by atomic mass is 19.4. The van der Waals surface area contributed by atoms with E-state index >= 15 is 0 Å². The van der Waals surface area contributed by atoms with E-state index in [1.54, 1.807) is 0 Å². The van der Waals surface area contributed by atoms with Crippen molar-refractivity contribution in [2.45, 2.75) is 12.4 Å². The Kier molecular flexibility index (Phi) is 11.4. The molecule has 18 heavy (non-hydrogen) atoms. The van der Waals surface area contributed by atoms with E-state index in [2.05, 4.69) is 0 Å². The Morgan fingerprint density at radius 2 is 0.889 bits per heavy atom. The molecule has 0 unspecified atom stereocenters. The van der Waals surface area contributed by atoms with Gasteiger partial charge in [-0.25, -0.2) is 9.59 Å². The van der Waals surface area contributed by atoms with Gasteiger partial charge in [0.2, 0.25) is 0 Å². The van der Waals surface area contributed by atoms with Crippen LogP contribution in [-0.4, -0.2) is 47.6 Å². The molecule has 0 fully saturated rings. The van der Waals surface area contributed by atoms with Gasteiger partial charge in [0.25, 0.3) is 0 Å². The fourth-order valence-electron chi connectivity index (χ4n) is 0. The molecule has 0 heterocycles. The molecule has 0 aliphatic carbocycles. The smallest absolute Gasteiger partial charge is 0.475 e. The van der Waals surface area contributed by atoms with Crippen LogP contribution in [0.3, 0.4) is 0 Å². The molecule has 0 rings (SSSR count). The lowest BCUT2D eigenvalue weighted by molar-refractivity contribution is -0.193. The van der Waals surface area contributed by atoms with Crippen LogP contribution in [0.15, 0.2) is 0 Å². The normalized spacial score (nSPS) is 10.4. The van der Waals surface area contributed by atoms with Crippen molar-refractivity contribution >= 4 is 11.9 Å². The molecule has 0 aliphatic heterocycles. The number of hydrogen-bond acceptors (Lipinski definition) is 4. The SMILES string of the molecule is NCCN.O=C(O)C(F)(F)F.O=C(O)C(F)(F)F. The van der Waals surface area contributed by atoms with Gasteiger partial charge in [-0.15, -0.1) is 0 Å². The lowest BCUT2D eigenvalue weighted by atomic mass is 10.7. The Morgan fingerprint density at radius 3 is 0.889 bits per heavy atom. The molecule has 0 radical (unpaired) electrons. The fraction of sp³-hybridized carbons (Fsp3) is 0.667. The molecule has 0 atom stereocenters. The molecule has 6 N–H and O–H groups in total. The lowest BCUT2D eigenvalue weighted by Crippen LogP contribution is -2.21. The molecule has 6 nitrogen and oxygen atoms in total. The summed E-state index contributed by atoms with van der Waals surface area (Å²) in [6.45, 7) is 1.19. The molecule has 0 aliphatic rings. The van der Waals surface area contributed by atoms with Crippen molar-refractivity contribution in [3.8, 4) is 0 Å². The van der Waals surface area contributed by atoms with E-state index in [0.29, 0.717) is 13.1 Å². The van der Waals surface area contributed by atoms with Crippen LogP contribution in [0, 0.1) is 0 Å². The molecule has 0 bridgehead atoms. The quantitative estimate of drug-likeness (QED) is 0.509. The van der Waals surface area contributed by atoms with Gasteiger partial charge in [0.1, 0.15) is 0 Å². The highest BCUT2D eigenvalue weighted by Crippen LogP contribution is 2.13. The number of carboxylic acids is 2. The number of rotatable bonds is 1. The summed E-state index contributed by atoms with van der Waals surface area (Å²) < 4.78 is 63.5. The number of nitrogens with two attached hydrogens (primary N) is 2. The Balaban J connectivity index is -0.000000196. The standard InChI is InChI=1S/2C2HF3O2.C2H8N2/c2*3-2(4,5)1(6)7;3-1-2-4/h2*(H,6,7);1-4H2. The van der Waals surface area contributed by atoms with Crippen molar-refractivity contribution in [3.63, 3.8) is 0 Å². The first kappa shape index (κ1) is 21.7. The molecule has 0 aromatic carbocycles. The monoisotopic (exact) mass is 288 g/mol. The number of halogens is 6. The van der Waals surface area contributed by atoms with Gasteiger partial charge < -0.3 is 21.7 Å². The third kappa shape index (κ3) is 19.9. The Bertz CT molecular complexity index is 225. The largest absolute Gasteiger partial charge is 0.490 e. The average Bonchev–Trinajstić information content (AvgIpc) is 2.16. The molecule has 0 amide bonds. The van der Waals surface area contributed by atoms with Crippen LogP contribution < -0.4 is 11.5 Å². The summed E-state index contributed by atoms with van der Waals surface area (Å²) in [6, 6.07) is 0. The summed E-state index contributed by atoms with van der Waals surface area (Å²) in [5, 5.41) is 14.2. The summed E-state index contributed by atoms with van der Waals surface area (Å²) >= 11 is 0. The second-order valence-corrected chi connectivity index (χ2v) is 2.18. The highest BCUT2D eigenvalue weighted by molar-refractivity contribution is 5.73. The number of alkyl halides is 6. The van der Waals surface area contributed by atoms with Crippen LogP contribution >= 0.6 is 0 Å². The minimum absolute atomic E-state index is 0.597. The van der Waals surface area contributed by atoms with Gasteiger partial charge in [-0.05, 0) is 0 Å². The minimum Gasteiger partial charge on any atom is -0.475 e. The number of carbonyl (C=O) groups is 2. The molecule has 110 valence electrons. The van der Waals surface area contributed by atoms with Gasteiger partial charge in [0, 0.05) is 13.1 Å². The maximum Gasteiger partial charge on any atom is 0.490 e. The van der Waals surface area contributed by atoms with Gasteiger partial charge in [-0.1, -0.05) is 0 Å². The molecular formula is C6H10F6N2O4. The van der Waals surface area contributed by atoms with Crippen molar-refractivity contribution < 1.29 is 46.1 Å². The molecule has 12 heteroatoms. The van der Waals surface area contributed by atoms with Crippen molar-refractivity contribution in [2.75, 3.05) is 13.1 Å². The fourth-order valence-corrected chi connectivity index (χ4v) is 0. The van der Waals surface area contributed by atoms with Gasteiger partial charge >= 0.3 is 24.3 Å². The second-order valence-electron chi connectivity index (χ2n) is 2.18. The summed E-state index contributed by atoms with van der Waals surface area (Å²) in [5.74, 6) is -5.51. The predicted octanol–water partition coefficient (Wildman–Crippen LogP) is 0.170. The van der Waals surface area contributed by atoms with E-state index < -0.39 is 24.3 Å². The van der Waals surface area contributed by atoms with E-state index in [1.807, 2.05) is 0 Å². The first-order valence-corrected chi connectivity index (χ1v) is 3.81. The maximum absolute atomic E-state index is 10.6. The first-order valence-electron chi connectivity index (χ1n) is 3.81. The Hall–Kier alpha value is -1.56. The molecule has 0 aromatic heterocycles. The molecule has 0 spiro atoms. The van der Waals surface area contributed by atoms with Crippen molar-refractivity contribution in [1.82, 2.24) is 0 Å². The van der Waals surface area contributed by atoms with Crippen LogP contribution in [0.2, 0.25) is 0 Å². The summed E-state index contributed by atoms with van der Waals surface area (Å²) in [4.78, 5) is 17.8. The second kappa shape index (κ2) is 9.47. The topological polar surface area (TPSA) is 127 Å². The molecular weight excluding hydrogens is 278 g/mol. The van der Waals surface area contributed by atoms with Crippen LogP contribution in [0.5, 0.6) is 0 Å². The number of hydrogen-bond donors (Lipinski definition) is 4. The van der Waals surface area contributed by atoms with Crippen LogP contribution in [0.1, 0.15) is 0 Å². The number of aliphatic carboxylic acids is 2. The van der Waals surface area contributed by atoms with Crippen LogP contribution in [0.4, 0.5) is 26.3 Å². The van der Waals surface area contributed by atoms with E-state index in [9.17, 15) is 26.3 Å². The molecule has 0 aromatic rings. The zero-order valence-corrected chi connectivity index (χ0v) is 8.55. The van der Waals surface area contributed by atoms with Gasteiger partial charge in [0.05, 0.1) is 0 Å². The van der Waals surface area contributed by atoms with Crippen molar-refractivity contribution in [1.29, 1.82) is 0 Å². The van der Waals surface area contributed by atoms with Gasteiger partial charge in [0.15, 0.2) is 0 Å². The van der Waals surface area contributed by atoms with Crippen LogP contribution in [0.25, 0.3) is 0 Å². The average molecular weight is 288 g/mol. The zero-order chi connectivity index (χ0) is 15.6. The van der Waals surface area contributed by atoms with Crippen molar-refractivity contribution in [3.05, 3.63) is 0 Å². The number of carboxylic acid groups (broad SMARTS) is 2. The molecule has 0 saturated heterocycles. The van der Waals surface area contributed by atoms with Crippen molar-refractivity contribution in [2.24, 2.45) is 11.5 Å². The Labute approximate surface area is 96.2 Å². The zero-order valence-electron chi connectivity index (χ0n) is 8.55. The van der Waals surface area contributed by atoms with E-state index in [1.165, 1.54) is 0 Å². The highest BCUT2D eigenvalue weighted by Gasteiger charge is 2.38. The molecule has 0 saturated carbocycles. The van der Waals surface area contributed by atoms with E-state index in [0.717, 1.165) is 0 Å². The lowest BCUT2D eigenvalue weighted by Gasteiger charge is -1.93. The van der Waals surface area contributed by atoms with Gasteiger partial charge in [-0.2, -0.15) is 26.3 Å². The Morgan fingerprint density at radius 1 is 0.778 bits per heavy atom. The van der Waals surface area contributed by atoms with E-state index in [4.69, 9.17) is 31.3 Å². The maximum atomic E-state index is 10.6. The third-order valence-corrected chi connectivity index (χ3v) is 0.652. The summed E-state index contributed by atoms with van der Waals surface area (Å²) in [5.41, 5.74) is 9.81. The summed E-state index contributed by atoms with van der Waals surface area (Å²) in [6.07, 6.45) is -10.2. The predicted molar refractivity (Wildman–Crippen MR) is 45.5 cm³/mol. The first-order chi connectivity index (χ1) is 7.80. The summed E-state index contributed by atoms with van der Waals surface area (Å²) in [7, 11) is 0. The van der Waals surface area contributed by atoms with Gasteiger partial charge in [-0.3, -0.25) is 0 Å².